The van der Waals surface area contributed by atoms with E-state index in [1.54, 1.807) is 24.4 Å². The van der Waals surface area contributed by atoms with Gasteiger partial charge in [0.2, 0.25) is 0 Å². The van der Waals surface area contributed by atoms with E-state index in [0.717, 1.165) is 4.91 Å². The summed E-state index contributed by atoms with van der Waals surface area (Å²) >= 11 is 7.50. The number of ether oxygens (including phenoxy) is 4. The number of carbonyl (C=O) groups is 2. The van der Waals surface area contributed by atoms with Gasteiger partial charge in [0, 0.05) is 25.9 Å². The zero-order valence-corrected chi connectivity index (χ0v) is 22.0. The lowest BCUT2D eigenvalue weighted by Crippen LogP contribution is -2.57. The summed E-state index contributed by atoms with van der Waals surface area (Å²) in [6.07, 6.45) is 0.409. The van der Waals surface area contributed by atoms with Crippen molar-refractivity contribution in [1.82, 2.24) is 30.1 Å². The smallest absolute Gasteiger partial charge is 0.303 e. The number of hydrogen-bond acceptors (Lipinski definition) is 13. The summed E-state index contributed by atoms with van der Waals surface area (Å²) in [5.74, 6) is 4.44. The average molecular weight is 563 g/mol. The molecule has 0 bridgehead atoms. The van der Waals surface area contributed by atoms with Crippen LogP contribution < -0.4 is 5.84 Å². The van der Waals surface area contributed by atoms with E-state index in [-0.39, 0.29) is 11.6 Å². The molecule has 0 aliphatic carbocycles. The number of nitrogens with two attached hydrogens (primary N) is 1. The second-order valence-electron chi connectivity index (χ2n) is 8.12. The third kappa shape index (κ3) is 6.05. The number of halogens is 1. The minimum Gasteiger partial charge on any atom is -0.463 e. The van der Waals surface area contributed by atoms with E-state index < -0.39 is 41.7 Å². The van der Waals surface area contributed by atoms with Crippen molar-refractivity contribution in [2.45, 2.75) is 48.5 Å². The molecule has 200 valence electrons. The van der Waals surface area contributed by atoms with Crippen molar-refractivity contribution in [2.24, 2.45) is 0 Å². The monoisotopic (exact) mass is 562 g/mol. The molecule has 5 atom stereocenters. The van der Waals surface area contributed by atoms with Crippen molar-refractivity contribution in [2.75, 3.05) is 19.6 Å². The van der Waals surface area contributed by atoms with Crippen molar-refractivity contribution in [1.29, 1.82) is 5.26 Å². The predicted octanol–water partition coefficient (Wildman–Crippen LogP) is 1.34. The van der Waals surface area contributed by atoms with Gasteiger partial charge in [0.15, 0.2) is 6.10 Å². The second-order valence-corrected chi connectivity index (χ2v) is 9.69. The molecule has 4 rings (SSSR count). The Morgan fingerprint density at radius 2 is 2.05 bits per heavy atom. The van der Waals surface area contributed by atoms with E-state index in [9.17, 15) is 14.9 Å². The van der Waals surface area contributed by atoms with Crippen LogP contribution in [0, 0.1) is 11.3 Å². The molecule has 16 heteroatoms. The maximum atomic E-state index is 12.1. The number of benzene rings is 1. The van der Waals surface area contributed by atoms with Crippen LogP contribution in [-0.4, -0.2) is 79.5 Å². The maximum absolute atomic E-state index is 12.1. The van der Waals surface area contributed by atoms with Gasteiger partial charge in [-0.15, -0.1) is 15.3 Å². The predicted molar refractivity (Wildman–Crippen MR) is 132 cm³/mol. The molecule has 0 unspecified atom stereocenters. The van der Waals surface area contributed by atoms with Gasteiger partial charge in [-0.25, -0.2) is 4.68 Å². The highest BCUT2D eigenvalue weighted by molar-refractivity contribution is 7.99. The molecular formula is C22H23ClN8O6S. The highest BCUT2D eigenvalue weighted by Crippen LogP contribution is 2.41. The molecule has 1 aromatic carbocycles. The first-order valence-corrected chi connectivity index (χ1v) is 12.4. The minimum absolute atomic E-state index is 0.200. The van der Waals surface area contributed by atoms with Gasteiger partial charge < -0.3 is 24.8 Å². The van der Waals surface area contributed by atoms with E-state index in [4.69, 9.17) is 36.4 Å². The largest absolute Gasteiger partial charge is 0.463 e. The lowest BCUT2D eigenvalue weighted by Gasteiger charge is -2.44. The van der Waals surface area contributed by atoms with Crippen molar-refractivity contribution in [3.8, 4) is 17.5 Å². The average Bonchev–Trinajstić information content (AvgIpc) is 3.52. The summed E-state index contributed by atoms with van der Waals surface area (Å²) < 4.78 is 24.5. The summed E-state index contributed by atoms with van der Waals surface area (Å²) in [5.41, 5.74) is 0.357. The summed E-state index contributed by atoms with van der Waals surface area (Å²) in [6, 6.07) is 6.21. The standard InChI is InChI=1S/C22H23ClN8O6S/c1-11(32)35-10-18-20(36-12(2)33)19(30-9-17(27-29-30)16-8-26-31(25)28-16)21(34-3)22(37-18)38-14-5-4-13(7-24)15(23)6-14/h4-6,8-9,18-22H,10,25H2,1-3H3/t18-,19+,20+,21-,22-/m1/s1. The zero-order valence-electron chi connectivity index (χ0n) is 20.4. The second kappa shape index (κ2) is 11.8. The Morgan fingerprint density at radius 3 is 2.66 bits per heavy atom. The highest BCUT2D eigenvalue weighted by Gasteiger charge is 2.50. The Balaban J connectivity index is 1.74. The van der Waals surface area contributed by atoms with E-state index in [0.29, 0.717) is 21.8 Å². The number of thioether (sulfide) groups is 1. The molecule has 3 heterocycles. The molecule has 1 aliphatic heterocycles. The van der Waals surface area contributed by atoms with Gasteiger partial charge in [-0.3, -0.25) is 9.59 Å². The number of carbonyl (C=O) groups excluding carboxylic acids is 2. The van der Waals surface area contributed by atoms with Crippen LogP contribution in [0.2, 0.25) is 5.02 Å². The first-order chi connectivity index (χ1) is 18.2. The summed E-state index contributed by atoms with van der Waals surface area (Å²) in [6.45, 7) is 2.32. The lowest BCUT2D eigenvalue weighted by atomic mass is 9.96. The number of rotatable bonds is 8. The molecule has 0 amide bonds. The van der Waals surface area contributed by atoms with Crippen LogP contribution in [0.15, 0.2) is 35.5 Å². The number of nitrogens with zero attached hydrogens (tertiary/aromatic N) is 7. The molecule has 2 aromatic heterocycles. The van der Waals surface area contributed by atoms with Crippen molar-refractivity contribution in [3.05, 3.63) is 41.2 Å². The highest BCUT2D eigenvalue weighted by atomic mass is 35.5. The summed E-state index contributed by atoms with van der Waals surface area (Å²) in [4.78, 5) is 25.3. The molecule has 2 N–H and O–H groups in total. The van der Waals surface area contributed by atoms with Crippen LogP contribution >= 0.6 is 23.4 Å². The molecule has 1 aliphatic rings. The fourth-order valence-electron chi connectivity index (χ4n) is 3.94. The Labute approximate surface area is 225 Å². The van der Waals surface area contributed by atoms with Crippen molar-refractivity contribution in [3.63, 3.8) is 0 Å². The van der Waals surface area contributed by atoms with E-state index in [1.165, 1.54) is 43.6 Å². The fraction of sp³-hybridized carbons (Fsp3) is 0.409. The Kier molecular flexibility index (Phi) is 8.47. The summed E-state index contributed by atoms with van der Waals surface area (Å²) in [5, 5.41) is 25.7. The van der Waals surface area contributed by atoms with Crippen molar-refractivity contribution < 1.29 is 28.5 Å². The first kappa shape index (κ1) is 27.3. The van der Waals surface area contributed by atoms with E-state index >= 15 is 0 Å². The Morgan fingerprint density at radius 1 is 1.26 bits per heavy atom. The van der Waals surface area contributed by atoms with Crippen LogP contribution in [0.1, 0.15) is 25.5 Å². The molecule has 3 aromatic rings. The van der Waals surface area contributed by atoms with Gasteiger partial charge in [-0.2, -0.15) is 5.26 Å². The number of nitrogen functional groups attached to an aromatic ring is 1. The number of esters is 2. The van der Waals surface area contributed by atoms with Gasteiger partial charge in [0.25, 0.3) is 0 Å². The molecule has 1 saturated heterocycles. The van der Waals surface area contributed by atoms with E-state index in [2.05, 4.69) is 20.5 Å². The van der Waals surface area contributed by atoms with Gasteiger partial charge in [0.1, 0.15) is 47.7 Å². The Hall–Kier alpha value is -3.71. The quantitative estimate of drug-likeness (QED) is 0.307. The molecule has 38 heavy (non-hydrogen) atoms. The van der Waals surface area contributed by atoms with Crippen LogP contribution in [0.3, 0.4) is 0 Å². The van der Waals surface area contributed by atoms with Crippen LogP contribution in [0.25, 0.3) is 11.4 Å². The van der Waals surface area contributed by atoms with Gasteiger partial charge in [-0.1, -0.05) is 33.5 Å². The third-order valence-electron chi connectivity index (χ3n) is 5.54. The molecule has 14 nitrogen and oxygen atoms in total. The molecule has 1 fully saturated rings. The summed E-state index contributed by atoms with van der Waals surface area (Å²) in [7, 11) is 1.48. The van der Waals surface area contributed by atoms with Crippen LogP contribution in [0.5, 0.6) is 0 Å². The number of hydrogen-bond donors (Lipinski definition) is 1. The fourth-order valence-corrected chi connectivity index (χ4v) is 5.43. The maximum Gasteiger partial charge on any atom is 0.303 e. The number of aromatic nitrogens is 6. The molecule has 0 radical (unpaired) electrons. The van der Waals surface area contributed by atoms with Crippen molar-refractivity contribution >= 4 is 35.3 Å². The Bertz CT molecular complexity index is 1360. The first-order valence-electron chi connectivity index (χ1n) is 11.1. The molecule has 0 spiro atoms. The van der Waals surface area contributed by atoms with E-state index in [1.807, 2.05) is 6.07 Å². The van der Waals surface area contributed by atoms with Gasteiger partial charge in [-0.05, 0) is 18.2 Å². The zero-order chi connectivity index (χ0) is 27.4. The minimum atomic E-state index is -0.974. The number of methoxy groups -OCH3 is 1. The molecular weight excluding hydrogens is 540 g/mol. The van der Waals surface area contributed by atoms with Crippen LogP contribution in [0.4, 0.5) is 0 Å². The van der Waals surface area contributed by atoms with Gasteiger partial charge >= 0.3 is 11.9 Å². The lowest BCUT2D eigenvalue weighted by molar-refractivity contribution is -0.208. The normalized spacial score (nSPS) is 23.0. The van der Waals surface area contributed by atoms with Gasteiger partial charge in [0.05, 0.1) is 23.0 Å². The van der Waals surface area contributed by atoms with Crippen LogP contribution in [-0.2, 0) is 28.5 Å². The molecule has 0 saturated carbocycles. The SMILES string of the molecule is CO[C@@H]1[C@@H](n2cc(-c3cnn(N)n3)nn2)[C@@H](OC(C)=O)[C@@H](COC(C)=O)O[C@@H]1Sc1ccc(C#N)c(Cl)c1. The third-order valence-corrected chi connectivity index (χ3v) is 6.99. The number of nitriles is 1. The topological polar surface area (TPSA) is 182 Å².